The lowest BCUT2D eigenvalue weighted by Crippen LogP contribution is -2.47. The highest BCUT2D eigenvalue weighted by atomic mass is 16.6. The zero-order valence-corrected chi connectivity index (χ0v) is 22.7. The molecule has 0 saturated carbocycles. The Labute approximate surface area is 226 Å². The van der Waals surface area contributed by atoms with E-state index in [-0.39, 0.29) is 18.1 Å². The number of rotatable bonds is 11. The van der Waals surface area contributed by atoms with E-state index in [1.807, 2.05) is 13.0 Å². The summed E-state index contributed by atoms with van der Waals surface area (Å²) < 4.78 is 23.1. The Morgan fingerprint density at radius 2 is 1.79 bits per heavy atom. The normalized spacial score (nSPS) is 17.3. The number of carbonyl (C=O) groups excluding carboxylic acids is 1. The number of methoxy groups -OCH3 is 1. The van der Waals surface area contributed by atoms with Gasteiger partial charge in [-0.3, -0.25) is 0 Å². The van der Waals surface area contributed by atoms with Crippen molar-refractivity contribution in [2.75, 3.05) is 40.0 Å². The van der Waals surface area contributed by atoms with Crippen LogP contribution >= 0.6 is 0 Å². The third-order valence-corrected chi connectivity index (χ3v) is 6.93. The van der Waals surface area contributed by atoms with E-state index in [1.165, 1.54) is 16.7 Å². The third-order valence-electron chi connectivity index (χ3n) is 6.93. The highest BCUT2D eigenvalue weighted by Gasteiger charge is 2.34. The van der Waals surface area contributed by atoms with Crippen LogP contribution in [0.3, 0.4) is 0 Å². The number of piperidine rings is 1. The second kappa shape index (κ2) is 14.0. The Hall–Kier alpha value is -3.35. The minimum absolute atomic E-state index is 0.154. The lowest BCUT2D eigenvalue weighted by molar-refractivity contribution is -0.0240. The van der Waals surface area contributed by atoms with Crippen LogP contribution in [-0.4, -0.2) is 57.1 Å². The molecule has 4 rings (SSSR count). The summed E-state index contributed by atoms with van der Waals surface area (Å²) in [6, 6.07) is 25.3. The van der Waals surface area contributed by atoms with Crippen molar-refractivity contribution in [3.8, 4) is 16.9 Å². The quantitative estimate of drug-likeness (QED) is 0.268. The second-order valence-corrected chi connectivity index (χ2v) is 9.69. The summed E-state index contributed by atoms with van der Waals surface area (Å²) in [6.45, 7) is 7.01. The van der Waals surface area contributed by atoms with Gasteiger partial charge in [-0.05, 0) is 48.6 Å². The summed E-state index contributed by atoms with van der Waals surface area (Å²) >= 11 is 0. The first kappa shape index (κ1) is 27.7. The standard InChI is InChI=1S/C32H39NO5/c1-4-36-32(34)33-17-16-29(27-13-8-12-26(21-27)25-10-6-5-7-11-25)31(22-33)38-23-28-15-14-24(2)20-30(28)37-19-9-18-35-3/h5-8,10-15,20-21,29,31H,4,9,16-19,22-23H2,1-3H3/t29-,31+/m1/s1. The maximum Gasteiger partial charge on any atom is 0.409 e. The Kier molecular flexibility index (Phi) is 10.2. The van der Waals surface area contributed by atoms with E-state index in [0.717, 1.165) is 29.7 Å². The third kappa shape index (κ3) is 7.36. The molecule has 2 atom stereocenters. The average molecular weight is 518 g/mol. The molecule has 1 aliphatic heterocycles. The molecule has 202 valence electrons. The maximum atomic E-state index is 12.6. The van der Waals surface area contributed by atoms with Crippen molar-refractivity contribution in [2.45, 2.75) is 45.3 Å². The fourth-order valence-electron chi connectivity index (χ4n) is 4.92. The number of aryl methyl sites for hydroxylation is 1. The summed E-state index contributed by atoms with van der Waals surface area (Å²) in [5, 5.41) is 0. The van der Waals surface area contributed by atoms with Gasteiger partial charge in [0.1, 0.15) is 5.75 Å². The van der Waals surface area contributed by atoms with Gasteiger partial charge in [0, 0.05) is 38.2 Å². The Balaban J connectivity index is 1.54. The van der Waals surface area contributed by atoms with E-state index >= 15 is 0 Å². The Bertz CT molecular complexity index is 1170. The number of ether oxygens (including phenoxy) is 4. The lowest BCUT2D eigenvalue weighted by Gasteiger charge is -2.38. The molecule has 3 aromatic carbocycles. The van der Waals surface area contributed by atoms with E-state index < -0.39 is 0 Å². The summed E-state index contributed by atoms with van der Waals surface area (Å²) in [6.07, 6.45) is 1.16. The van der Waals surface area contributed by atoms with Crippen molar-refractivity contribution >= 4 is 6.09 Å². The molecule has 1 fully saturated rings. The predicted molar refractivity (Wildman–Crippen MR) is 150 cm³/mol. The van der Waals surface area contributed by atoms with Crippen LogP contribution in [0, 0.1) is 6.92 Å². The molecule has 0 aromatic heterocycles. The number of carbonyl (C=O) groups is 1. The van der Waals surface area contributed by atoms with Gasteiger partial charge in [0.05, 0.1) is 32.5 Å². The van der Waals surface area contributed by atoms with Crippen LogP contribution in [0.25, 0.3) is 11.1 Å². The minimum atomic E-state index is -0.282. The summed E-state index contributed by atoms with van der Waals surface area (Å²) in [5.74, 6) is 0.989. The largest absolute Gasteiger partial charge is 0.493 e. The van der Waals surface area contributed by atoms with E-state index in [2.05, 4.69) is 73.7 Å². The van der Waals surface area contributed by atoms with Gasteiger partial charge >= 0.3 is 6.09 Å². The zero-order valence-electron chi connectivity index (χ0n) is 22.7. The maximum absolute atomic E-state index is 12.6. The van der Waals surface area contributed by atoms with E-state index in [9.17, 15) is 4.79 Å². The van der Waals surface area contributed by atoms with Crippen LogP contribution in [0.4, 0.5) is 4.79 Å². The molecule has 6 heteroatoms. The van der Waals surface area contributed by atoms with E-state index in [0.29, 0.717) is 39.5 Å². The summed E-state index contributed by atoms with van der Waals surface area (Å²) in [4.78, 5) is 14.3. The molecule has 0 radical (unpaired) electrons. The molecule has 1 aliphatic rings. The van der Waals surface area contributed by atoms with Crippen LogP contribution in [-0.2, 0) is 20.8 Å². The van der Waals surface area contributed by atoms with Crippen molar-refractivity contribution in [2.24, 2.45) is 0 Å². The van der Waals surface area contributed by atoms with Crippen molar-refractivity contribution < 1.29 is 23.7 Å². The Morgan fingerprint density at radius 3 is 2.58 bits per heavy atom. The Morgan fingerprint density at radius 1 is 0.974 bits per heavy atom. The van der Waals surface area contributed by atoms with Gasteiger partial charge in [-0.1, -0.05) is 66.7 Å². The van der Waals surface area contributed by atoms with E-state index in [1.54, 1.807) is 12.0 Å². The minimum Gasteiger partial charge on any atom is -0.493 e. The summed E-state index contributed by atoms with van der Waals surface area (Å²) in [5.41, 5.74) is 5.72. The molecule has 38 heavy (non-hydrogen) atoms. The molecule has 0 unspecified atom stereocenters. The molecular formula is C32H39NO5. The molecule has 1 heterocycles. The molecule has 0 N–H and O–H groups in total. The zero-order chi connectivity index (χ0) is 26.7. The first-order chi connectivity index (χ1) is 18.6. The van der Waals surface area contributed by atoms with Crippen molar-refractivity contribution in [1.82, 2.24) is 4.90 Å². The molecule has 0 spiro atoms. The highest BCUT2D eigenvalue weighted by molar-refractivity contribution is 5.68. The van der Waals surface area contributed by atoms with Gasteiger partial charge in [0.2, 0.25) is 0 Å². The van der Waals surface area contributed by atoms with Gasteiger partial charge in [0.15, 0.2) is 0 Å². The number of nitrogens with zero attached hydrogens (tertiary/aromatic N) is 1. The average Bonchev–Trinajstić information content (AvgIpc) is 2.95. The van der Waals surface area contributed by atoms with Crippen molar-refractivity contribution in [3.05, 3.63) is 89.5 Å². The van der Waals surface area contributed by atoms with Gasteiger partial charge in [-0.15, -0.1) is 0 Å². The van der Waals surface area contributed by atoms with Gasteiger partial charge in [-0.2, -0.15) is 0 Å². The van der Waals surface area contributed by atoms with Crippen LogP contribution in [0.15, 0.2) is 72.8 Å². The highest BCUT2D eigenvalue weighted by Crippen LogP contribution is 2.34. The SMILES string of the molecule is CCOC(=O)N1CC[C@H](c2cccc(-c3ccccc3)c2)[C@@H](OCc2ccc(C)cc2OCCCOC)C1. The molecular weight excluding hydrogens is 478 g/mol. The number of hydrogen-bond acceptors (Lipinski definition) is 5. The lowest BCUT2D eigenvalue weighted by atomic mass is 9.85. The smallest absolute Gasteiger partial charge is 0.409 e. The van der Waals surface area contributed by atoms with E-state index in [4.69, 9.17) is 18.9 Å². The number of amides is 1. The second-order valence-electron chi connectivity index (χ2n) is 9.69. The molecule has 0 bridgehead atoms. The number of benzene rings is 3. The van der Waals surface area contributed by atoms with Gasteiger partial charge in [-0.25, -0.2) is 4.79 Å². The molecule has 3 aromatic rings. The van der Waals surface area contributed by atoms with Crippen LogP contribution in [0.1, 0.15) is 42.4 Å². The molecule has 1 amide bonds. The first-order valence-corrected chi connectivity index (χ1v) is 13.5. The fourth-order valence-corrected chi connectivity index (χ4v) is 4.92. The fraction of sp³-hybridized carbons (Fsp3) is 0.406. The molecule has 1 saturated heterocycles. The predicted octanol–water partition coefficient (Wildman–Crippen LogP) is 6.61. The van der Waals surface area contributed by atoms with Crippen LogP contribution in [0.5, 0.6) is 5.75 Å². The van der Waals surface area contributed by atoms with Crippen molar-refractivity contribution in [3.63, 3.8) is 0 Å². The first-order valence-electron chi connectivity index (χ1n) is 13.5. The molecule has 0 aliphatic carbocycles. The number of likely N-dealkylation sites (tertiary alicyclic amines) is 1. The topological polar surface area (TPSA) is 57.2 Å². The summed E-state index contributed by atoms with van der Waals surface area (Å²) in [7, 11) is 1.70. The van der Waals surface area contributed by atoms with Crippen LogP contribution < -0.4 is 4.74 Å². The van der Waals surface area contributed by atoms with Crippen LogP contribution in [0.2, 0.25) is 0 Å². The van der Waals surface area contributed by atoms with Crippen molar-refractivity contribution in [1.29, 1.82) is 0 Å². The van der Waals surface area contributed by atoms with Gasteiger partial charge < -0.3 is 23.8 Å². The molecule has 6 nitrogen and oxygen atoms in total. The number of hydrogen-bond donors (Lipinski definition) is 0. The monoisotopic (exact) mass is 517 g/mol. The van der Waals surface area contributed by atoms with Gasteiger partial charge in [0.25, 0.3) is 0 Å².